The second-order valence-corrected chi connectivity index (χ2v) is 7.02. The van der Waals surface area contributed by atoms with E-state index < -0.39 is 6.17 Å². The maximum absolute atomic E-state index is 14.0. The van der Waals surface area contributed by atoms with Gasteiger partial charge in [-0.05, 0) is 42.0 Å². The van der Waals surface area contributed by atoms with Crippen molar-refractivity contribution in [3.05, 3.63) is 63.6 Å². The predicted molar refractivity (Wildman–Crippen MR) is 90.8 cm³/mol. The fourth-order valence-electron chi connectivity index (χ4n) is 3.36. The van der Waals surface area contributed by atoms with Crippen molar-refractivity contribution < 1.29 is 4.39 Å². The second-order valence-electron chi connectivity index (χ2n) is 6.11. The van der Waals surface area contributed by atoms with Crippen LogP contribution in [0.1, 0.15) is 36.6 Å². The fourth-order valence-corrected chi connectivity index (χ4v) is 4.40. The molecule has 0 aromatic heterocycles. The molecule has 4 rings (SSSR count). The molecule has 1 aromatic carbocycles. The molecule has 1 aliphatic heterocycles. The summed E-state index contributed by atoms with van der Waals surface area (Å²) in [6.07, 6.45) is 6.12. The van der Waals surface area contributed by atoms with Crippen LogP contribution >= 0.6 is 11.8 Å². The van der Waals surface area contributed by atoms with E-state index in [1.165, 1.54) is 17.7 Å². The Morgan fingerprint density at radius 2 is 2.27 bits per heavy atom. The number of nitrogens with two attached hydrogens (primary N) is 1. The van der Waals surface area contributed by atoms with Gasteiger partial charge in [0.25, 0.3) is 0 Å². The Kier molecular flexibility index (Phi) is 3.39. The van der Waals surface area contributed by atoms with Gasteiger partial charge in [-0.25, -0.2) is 4.39 Å². The SMILES string of the molecule is N/C(=C\SC1=C[C@]12CCCN2)C1=CCC(F)c2ccccc21. The first kappa shape index (κ1) is 14.1. The molecule has 1 saturated heterocycles. The van der Waals surface area contributed by atoms with E-state index in [1.807, 2.05) is 35.7 Å². The third-order valence-corrected chi connectivity index (χ3v) is 5.77. The zero-order valence-corrected chi connectivity index (χ0v) is 13.1. The smallest absolute Gasteiger partial charge is 0.129 e. The Morgan fingerprint density at radius 1 is 1.41 bits per heavy atom. The average molecular weight is 314 g/mol. The molecule has 1 aromatic rings. The molecule has 2 aliphatic carbocycles. The summed E-state index contributed by atoms with van der Waals surface area (Å²) in [4.78, 5) is 1.36. The summed E-state index contributed by atoms with van der Waals surface area (Å²) in [6.45, 7) is 1.09. The van der Waals surface area contributed by atoms with Gasteiger partial charge < -0.3 is 11.1 Å². The largest absolute Gasteiger partial charge is 0.398 e. The molecule has 114 valence electrons. The Hall–Kier alpha value is -1.52. The van der Waals surface area contributed by atoms with E-state index in [1.54, 1.807) is 11.8 Å². The van der Waals surface area contributed by atoms with Crippen LogP contribution in [0.25, 0.3) is 5.57 Å². The van der Waals surface area contributed by atoms with Gasteiger partial charge in [-0.3, -0.25) is 0 Å². The van der Waals surface area contributed by atoms with Crippen LogP contribution < -0.4 is 11.1 Å². The van der Waals surface area contributed by atoms with Crippen LogP contribution in [0, 0.1) is 0 Å². The lowest BCUT2D eigenvalue weighted by Crippen LogP contribution is -2.26. The fraction of sp³-hybridized carbons (Fsp3) is 0.333. The van der Waals surface area contributed by atoms with Crippen molar-refractivity contribution in [2.45, 2.75) is 31.0 Å². The summed E-state index contributed by atoms with van der Waals surface area (Å²) < 4.78 is 14.0. The summed E-state index contributed by atoms with van der Waals surface area (Å²) in [7, 11) is 0. The van der Waals surface area contributed by atoms with Gasteiger partial charge in [0.1, 0.15) is 6.17 Å². The number of fused-ring (bicyclic) bond motifs is 1. The van der Waals surface area contributed by atoms with E-state index in [4.69, 9.17) is 5.73 Å². The molecule has 1 spiro atoms. The number of benzene rings is 1. The molecule has 2 atom stereocenters. The highest BCUT2D eigenvalue weighted by molar-refractivity contribution is 8.06. The van der Waals surface area contributed by atoms with Gasteiger partial charge >= 0.3 is 0 Å². The molecule has 4 heteroatoms. The highest BCUT2D eigenvalue weighted by Crippen LogP contribution is 2.49. The molecule has 1 heterocycles. The van der Waals surface area contributed by atoms with Gasteiger partial charge in [0.15, 0.2) is 0 Å². The van der Waals surface area contributed by atoms with E-state index >= 15 is 0 Å². The monoisotopic (exact) mass is 314 g/mol. The van der Waals surface area contributed by atoms with Crippen LogP contribution in [0.5, 0.6) is 0 Å². The first-order valence-corrected chi connectivity index (χ1v) is 8.62. The summed E-state index contributed by atoms with van der Waals surface area (Å²) in [5.74, 6) is 0. The van der Waals surface area contributed by atoms with Crippen LogP contribution in [-0.4, -0.2) is 12.1 Å². The summed E-state index contributed by atoms with van der Waals surface area (Å²) in [5, 5.41) is 5.54. The summed E-state index contributed by atoms with van der Waals surface area (Å²) >= 11 is 1.69. The van der Waals surface area contributed by atoms with Crippen molar-refractivity contribution in [3.8, 4) is 0 Å². The van der Waals surface area contributed by atoms with Gasteiger partial charge in [0.2, 0.25) is 0 Å². The normalized spacial score (nSPS) is 30.0. The number of nitrogens with one attached hydrogen (secondary N) is 1. The summed E-state index contributed by atoms with van der Waals surface area (Å²) in [5.41, 5.74) is 9.81. The third-order valence-electron chi connectivity index (χ3n) is 4.66. The maximum atomic E-state index is 14.0. The molecular weight excluding hydrogens is 295 g/mol. The van der Waals surface area contributed by atoms with Crippen molar-refractivity contribution in [3.63, 3.8) is 0 Å². The first-order chi connectivity index (χ1) is 10.7. The first-order valence-electron chi connectivity index (χ1n) is 7.74. The van der Waals surface area contributed by atoms with E-state index in [-0.39, 0.29) is 5.54 Å². The van der Waals surface area contributed by atoms with Gasteiger partial charge in [0, 0.05) is 22.6 Å². The highest BCUT2D eigenvalue weighted by Gasteiger charge is 2.45. The molecule has 0 bridgehead atoms. The van der Waals surface area contributed by atoms with Crippen LogP contribution in [0.2, 0.25) is 0 Å². The molecule has 1 unspecified atom stereocenters. The molecular formula is C18H19FN2S. The van der Waals surface area contributed by atoms with Crippen molar-refractivity contribution in [2.75, 3.05) is 6.54 Å². The third kappa shape index (κ3) is 2.31. The van der Waals surface area contributed by atoms with Gasteiger partial charge in [-0.15, -0.1) is 0 Å². The van der Waals surface area contributed by atoms with Crippen LogP contribution in [0.4, 0.5) is 4.39 Å². The number of halogens is 1. The Bertz CT molecular complexity index is 699. The Balaban J connectivity index is 1.52. The maximum Gasteiger partial charge on any atom is 0.129 e. The van der Waals surface area contributed by atoms with Crippen molar-refractivity contribution in [2.24, 2.45) is 5.73 Å². The van der Waals surface area contributed by atoms with E-state index in [0.29, 0.717) is 6.42 Å². The number of hydrogen-bond acceptors (Lipinski definition) is 3. The lowest BCUT2D eigenvalue weighted by atomic mass is 9.88. The molecule has 0 saturated carbocycles. The van der Waals surface area contributed by atoms with Crippen LogP contribution in [-0.2, 0) is 0 Å². The van der Waals surface area contributed by atoms with Crippen molar-refractivity contribution in [1.82, 2.24) is 5.32 Å². The lowest BCUT2D eigenvalue weighted by Gasteiger charge is -2.21. The van der Waals surface area contributed by atoms with Crippen molar-refractivity contribution >= 4 is 17.3 Å². The topological polar surface area (TPSA) is 38.0 Å². The molecule has 3 aliphatic rings. The molecule has 0 amide bonds. The number of thioether (sulfide) groups is 1. The molecule has 2 nitrogen and oxygen atoms in total. The molecule has 0 radical (unpaired) electrons. The number of allylic oxidation sites excluding steroid dienone is 2. The second kappa shape index (κ2) is 5.28. The minimum atomic E-state index is -0.919. The number of alkyl halides is 1. The van der Waals surface area contributed by atoms with E-state index in [2.05, 4.69) is 11.4 Å². The minimum Gasteiger partial charge on any atom is -0.398 e. The molecule has 1 fully saturated rings. The zero-order valence-electron chi connectivity index (χ0n) is 12.3. The average Bonchev–Trinajstić information content (AvgIpc) is 2.98. The van der Waals surface area contributed by atoms with E-state index in [9.17, 15) is 4.39 Å². The Morgan fingerprint density at radius 3 is 3.09 bits per heavy atom. The zero-order chi connectivity index (χ0) is 15.2. The molecule has 3 N–H and O–H groups in total. The van der Waals surface area contributed by atoms with Crippen LogP contribution in [0.15, 0.2) is 52.4 Å². The quantitative estimate of drug-likeness (QED) is 0.884. The standard InChI is InChI=1S/C18H19FN2S/c19-15-7-6-14(12-4-1-2-5-13(12)15)16(20)11-22-17-10-18(17)8-3-9-21-18/h1-2,4-6,10-11,15,21H,3,7-9,20H2/b16-11-/t15?,18-/m1/s1. The van der Waals surface area contributed by atoms with Gasteiger partial charge in [-0.2, -0.15) is 0 Å². The molecule has 22 heavy (non-hydrogen) atoms. The minimum absolute atomic E-state index is 0.171. The number of hydrogen-bond donors (Lipinski definition) is 2. The highest BCUT2D eigenvalue weighted by atomic mass is 32.2. The Labute approximate surface area is 134 Å². The van der Waals surface area contributed by atoms with E-state index in [0.717, 1.165) is 28.9 Å². The summed E-state index contributed by atoms with van der Waals surface area (Å²) in [6, 6.07) is 7.63. The number of rotatable bonds is 3. The lowest BCUT2D eigenvalue weighted by molar-refractivity contribution is 0.344. The predicted octanol–water partition coefficient (Wildman–Crippen LogP) is 4.04. The van der Waals surface area contributed by atoms with Gasteiger partial charge in [-0.1, -0.05) is 42.1 Å². The van der Waals surface area contributed by atoms with Crippen LogP contribution in [0.3, 0.4) is 0 Å². The van der Waals surface area contributed by atoms with Crippen molar-refractivity contribution in [1.29, 1.82) is 0 Å². The van der Waals surface area contributed by atoms with Gasteiger partial charge in [0.05, 0.1) is 5.54 Å².